The lowest BCUT2D eigenvalue weighted by atomic mass is 9.94. The Bertz CT molecular complexity index is 947. The van der Waals surface area contributed by atoms with E-state index in [2.05, 4.69) is 16.1 Å². The van der Waals surface area contributed by atoms with E-state index in [1.807, 2.05) is 43.6 Å². The first-order chi connectivity index (χ1) is 13.1. The number of hydrogen-bond donors (Lipinski definition) is 1. The number of hydrogen-bond acceptors (Lipinski definition) is 4. The number of aliphatic hydroxyl groups is 1. The van der Waals surface area contributed by atoms with Crippen LogP contribution in [0.1, 0.15) is 17.7 Å². The van der Waals surface area contributed by atoms with E-state index in [1.54, 1.807) is 15.8 Å². The van der Waals surface area contributed by atoms with E-state index >= 15 is 0 Å². The summed E-state index contributed by atoms with van der Waals surface area (Å²) < 4.78 is 1.80. The van der Waals surface area contributed by atoms with Crippen molar-refractivity contribution in [1.29, 1.82) is 0 Å². The Morgan fingerprint density at radius 1 is 1.19 bits per heavy atom. The molecular formula is C21H24N4O2. The van der Waals surface area contributed by atoms with Crippen molar-refractivity contribution in [2.45, 2.75) is 25.4 Å². The second-order valence-electron chi connectivity index (χ2n) is 7.26. The van der Waals surface area contributed by atoms with Crippen LogP contribution < -0.4 is 0 Å². The van der Waals surface area contributed by atoms with Gasteiger partial charge in [-0.15, -0.1) is 0 Å². The van der Waals surface area contributed by atoms with Gasteiger partial charge < -0.3 is 10.0 Å². The SMILES string of the molecule is Cn1nccc1CCC(=O)N1C[C@@H](Cc2ccnc3ccccc23)[C@@H](O)C1. The number of likely N-dealkylation sites (tertiary alicyclic amines) is 1. The Labute approximate surface area is 158 Å². The second-order valence-corrected chi connectivity index (χ2v) is 7.26. The van der Waals surface area contributed by atoms with Crippen LogP contribution >= 0.6 is 0 Å². The molecule has 1 aliphatic rings. The molecule has 6 nitrogen and oxygen atoms in total. The van der Waals surface area contributed by atoms with E-state index in [0.717, 1.165) is 23.0 Å². The zero-order valence-electron chi connectivity index (χ0n) is 15.5. The molecule has 1 fully saturated rings. The molecule has 0 saturated carbocycles. The summed E-state index contributed by atoms with van der Waals surface area (Å²) in [7, 11) is 1.88. The van der Waals surface area contributed by atoms with Gasteiger partial charge in [0, 0.05) is 55.9 Å². The number of carbonyl (C=O) groups is 1. The summed E-state index contributed by atoms with van der Waals surface area (Å²) in [5.74, 6) is 0.147. The number of amides is 1. The van der Waals surface area contributed by atoms with E-state index in [1.165, 1.54) is 5.56 Å². The summed E-state index contributed by atoms with van der Waals surface area (Å²) in [6.07, 6.45) is 4.93. The minimum absolute atomic E-state index is 0.0523. The quantitative estimate of drug-likeness (QED) is 0.751. The highest BCUT2D eigenvalue weighted by Crippen LogP contribution is 2.26. The zero-order valence-corrected chi connectivity index (χ0v) is 15.5. The molecule has 0 unspecified atom stereocenters. The van der Waals surface area contributed by atoms with Gasteiger partial charge >= 0.3 is 0 Å². The van der Waals surface area contributed by atoms with E-state index in [0.29, 0.717) is 25.9 Å². The lowest BCUT2D eigenvalue weighted by Gasteiger charge is -2.16. The van der Waals surface area contributed by atoms with Crippen molar-refractivity contribution in [3.8, 4) is 0 Å². The van der Waals surface area contributed by atoms with Gasteiger partial charge in [0.15, 0.2) is 0 Å². The number of rotatable bonds is 5. The molecule has 1 amide bonds. The molecule has 2 aromatic heterocycles. The van der Waals surface area contributed by atoms with Crippen molar-refractivity contribution in [2.24, 2.45) is 13.0 Å². The molecule has 0 aliphatic carbocycles. The van der Waals surface area contributed by atoms with Crippen molar-refractivity contribution in [2.75, 3.05) is 13.1 Å². The third-order valence-corrected chi connectivity index (χ3v) is 5.50. The summed E-state index contributed by atoms with van der Waals surface area (Å²) in [5.41, 5.74) is 3.18. The Morgan fingerprint density at radius 3 is 2.85 bits per heavy atom. The molecular weight excluding hydrogens is 340 g/mol. The largest absolute Gasteiger partial charge is 0.391 e. The first-order valence-electron chi connectivity index (χ1n) is 9.37. The maximum Gasteiger partial charge on any atom is 0.223 e. The van der Waals surface area contributed by atoms with Crippen molar-refractivity contribution in [1.82, 2.24) is 19.7 Å². The minimum Gasteiger partial charge on any atom is -0.391 e. The first kappa shape index (κ1) is 17.7. The highest BCUT2D eigenvalue weighted by molar-refractivity contribution is 5.82. The van der Waals surface area contributed by atoms with Crippen molar-refractivity contribution in [3.05, 3.63) is 60.0 Å². The van der Waals surface area contributed by atoms with Gasteiger partial charge in [-0.2, -0.15) is 5.10 Å². The Morgan fingerprint density at radius 2 is 2.04 bits per heavy atom. The number of benzene rings is 1. The number of carbonyl (C=O) groups excluding carboxylic acids is 1. The molecule has 6 heteroatoms. The molecule has 1 saturated heterocycles. The van der Waals surface area contributed by atoms with Gasteiger partial charge in [-0.3, -0.25) is 14.5 Å². The standard InChI is InChI=1S/C21H24N4O2/c1-24-17(9-11-23-24)6-7-21(27)25-13-16(20(26)14-25)12-15-8-10-22-19-5-3-2-4-18(15)19/h2-5,8-11,16,20,26H,6-7,12-14H2,1H3/t16-,20+/m1/s1. The normalized spacial score (nSPS) is 19.7. The number of β-amino-alcohol motifs (C(OH)–C–C–N with tert-alkyl or cyclic N) is 1. The molecule has 140 valence electrons. The molecule has 27 heavy (non-hydrogen) atoms. The average Bonchev–Trinajstić information content (AvgIpc) is 3.26. The number of para-hydroxylation sites is 1. The summed E-state index contributed by atoms with van der Waals surface area (Å²) in [6, 6.07) is 12.0. The Hall–Kier alpha value is -2.73. The zero-order chi connectivity index (χ0) is 18.8. The number of fused-ring (bicyclic) bond motifs is 1. The van der Waals surface area contributed by atoms with E-state index in [4.69, 9.17) is 0 Å². The monoisotopic (exact) mass is 364 g/mol. The van der Waals surface area contributed by atoms with Gasteiger partial charge in [-0.25, -0.2) is 0 Å². The van der Waals surface area contributed by atoms with Crippen LogP contribution in [0.25, 0.3) is 10.9 Å². The van der Waals surface area contributed by atoms with Gasteiger partial charge in [0.25, 0.3) is 0 Å². The van der Waals surface area contributed by atoms with Gasteiger partial charge in [0.2, 0.25) is 5.91 Å². The third kappa shape index (κ3) is 3.71. The molecule has 3 heterocycles. The first-order valence-corrected chi connectivity index (χ1v) is 9.37. The number of aryl methyl sites for hydroxylation is 2. The molecule has 1 aliphatic heterocycles. The molecule has 4 rings (SSSR count). The second kappa shape index (κ2) is 7.48. The van der Waals surface area contributed by atoms with E-state index < -0.39 is 6.10 Å². The Balaban J connectivity index is 1.40. The van der Waals surface area contributed by atoms with Crippen molar-refractivity contribution in [3.63, 3.8) is 0 Å². The van der Waals surface area contributed by atoms with Crippen LogP contribution in [0.3, 0.4) is 0 Å². The molecule has 0 spiro atoms. The number of pyridine rings is 1. The highest BCUT2D eigenvalue weighted by atomic mass is 16.3. The Kier molecular flexibility index (Phi) is 4.90. The molecule has 2 atom stereocenters. The van der Waals surface area contributed by atoms with Gasteiger partial charge in [-0.1, -0.05) is 18.2 Å². The fraction of sp³-hybridized carbons (Fsp3) is 0.381. The summed E-state index contributed by atoms with van der Waals surface area (Å²) in [4.78, 5) is 18.8. The highest BCUT2D eigenvalue weighted by Gasteiger charge is 2.34. The maximum atomic E-state index is 12.6. The third-order valence-electron chi connectivity index (χ3n) is 5.50. The molecule has 0 bridgehead atoms. The van der Waals surface area contributed by atoms with Crippen molar-refractivity contribution >= 4 is 16.8 Å². The lowest BCUT2D eigenvalue weighted by molar-refractivity contribution is -0.130. The maximum absolute atomic E-state index is 12.6. The van der Waals surface area contributed by atoms with E-state index in [9.17, 15) is 9.90 Å². The number of nitrogens with zero attached hydrogens (tertiary/aromatic N) is 4. The molecule has 0 radical (unpaired) electrons. The van der Waals surface area contributed by atoms with Crippen LogP contribution in [-0.4, -0.2) is 49.9 Å². The summed E-state index contributed by atoms with van der Waals surface area (Å²) in [6.45, 7) is 1.01. The molecule has 1 aromatic carbocycles. The van der Waals surface area contributed by atoms with Gasteiger partial charge in [0.05, 0.1) is 11.6 Å². The van der Waals surface area contributed by atoms with Crippen LogP contribution in [0.15, 0.2) is 48.8 Å². The predicted octanol–water partition coefficient (Wildman–Crippen LogP) is 1.96. The van der Waals surface area contributed by atoms with Crippen LogP contribution in [0.5, 0.6) is 0 Å². The van der Waals surface area contributed by atoms with Gasteiger partial charge in [0.1, 0.15) is 0 Å². The van der Waals surface area contributed by atoms with E-state index in [-0.39, 0.29) is 11.8 Å². The molecule has 1 N–H and O–H groups in total. The predicted molar refractivity (Wildman–Crippen MR) is 103 cm³/mol. The summed E-state index contributed by atoms with van der Waals surface area (Å²) >= 11 is 0. The fourth-order valence-corrected chi connectivity index (χ4v) is 3.91. The van der Waals surface area contributed by atoms with Crippen LogP contribution in [0, 0.1) is 5.92 Å². The summed E-state index contributed by atoms with van der Waals surface area (Å²) in [5, 5.41) is 15.8. The topological polar surface area (TPSA) is 71.2 Å². The minimum atomic E-state index is -0.488. The van der Waals surface area contributed by atoms with Crippen molar-refractivity contribution < 1.29 is 9.90 Å². The van der Waals surface area contributed by atoms with Crippen LogP contribution in [-0.2, 0) is 24.7 Å². The smallest absolute Gasteiger partial charge is 0.223 e. The van der Waals surface area contributed by atoms with Crippen LogP contribution in [0.2, 0.25) is 0 Å². The molecule has 3 aromatic rings. The number of aromatic nitrogens is 3. The fourth-order valence-electron chi connectivity index (χ4n) is 3.91. The van der Waals surface area contributed by atoms with Crippen LogP contribution in [0.4, 0.5) is 0 Å². The lowest BCUT2D eigenvalue weighted by Crippen LogP contribution is -2.30. The number of aliphatic hydroxyl groups excluding tert-OH is 1. The van der Waals surface area contributed by atoms with Gasteiger partial charge in [-0.05, 0) is 36.6 Å². The average molecular weight is 364 g/mol.